The highest BCUT2D eigenvalue weighted by molar-refractivity contribution is 6.30. The number of ether oxygens (including phenoxy) is 1. The summed E-state index contributed by atoms with van der Waals surface area (Å²) in [6.45, 7) is 3.53. The molecule has 1 unspecified atom stereocenters. The second-order valence-electron chi connectivity index (χ2n) is 6.72. The van der Waals surface area contributed by atoms with Crippen molar-refractivity contribution in [3.63, 3.8) is 0 Å². The van der Waals surface area contributed by atoms with E-state index in [1.54, 1.807) is 7.11 Å². The van der Waals surface area contributed by atoms with Crippen LogP contribution in [0.4, 0.5) is 0 Å². The minimum absolute atomic E-state index is 0.320. The molecule has 0 saturated heterocycles. The number of halogens is 1. The Hall–Kier alpha value is -0.730. The first-order valence-corrected chi connectivity index (χ1v) is 8.04. The molecule has 0 spiro atoms. The fourth-order valence-electron chi connectivity index (χ4n) is 3.12. The largest absolute Gasteiger partial charge is 0.496 e. The first-order valence-electron chi connectivity index (χ1n) is 7.66. The van der Waals surface area contributed by atoms with Gasteiger partial charge in [0.05, 0.1) is 7.11 Å². The van der Waals surface area contributed by atoms with Gasteiger partial charge in [0.1, 0.15) is 5.75 Å². The van der Waals surface area contributed by atoms with E-state index in [-0.39, 0.29) is 0 Å². The average molecular weight is 294 g/mol. The summed E-state index contributed by atoms with van der Waals surface area (Å²) in [5, 5.41) is 4.52. The van der Waals surface area contributed by atoms with Gasteiger partial charge in [-0.2, -0.15) is 0 Å². The van der Waals surface area contributed by atoms with E-state index in [0.717, 1.165) is 35.7 Å². The maximum Gasteiger partial charge on any atom is 0.122 e. The second kappa shape index (κ2) is 5.57. The molecule has 110 valence electrons. The van der Waals surface area contributed by atoms with E-state index < -0.39 is 0 Å². The van der Waals surface area contributed by atoms with Gasteiger partial charge < -0.3 is 10.1 Å². The Bertz CT molecular complexity index is 482. The number of benzene rings is 1. The van der Waals surface area contributed by atoms with Gasteiger partial charge in [-0.1, -0.05) is 18.5 Å². The molecule has 3 rings (SSSR count). The summed E-state index contributed by atoms with van der Waals surface area (Å²) in [6.07, 6.45) is 6.47. The van der Waals surface area contributed by atoms with Crippen LogP contribution in [-0.4, -0.2) is 19.7 Å². The van der Waals surface area contributed by atoms with Crippen LogP contribution >= 0.6 is 11.6 Å². The van der Waals surface area contributed by atoms with Gasteiger partial charge in [-0.15, -0.1) is 0 Å². The SMILES string of the molecule is COc1ccc(Cl)cc1CC(C)(CNC1CC1)C1CC1. The van der Waals surface area contributed by atoms with Gasteiger partial charge in [0.2, 0.25) is 0 Å². The summed E-state index contributed by atoms with van der Waals surface area (Å²) in [5.41, 5.74) is 1.56. The molecular weight excluding hydrogens is 270 g/mol. The number of methoxy groups -OCH3 is 1. The number of rotatable bonds is 7. The van der Waals surface area contributed by atoms with Crippen LogP contribution in [0.3, 0.4) is 0 Å². The van der Waals surface area contributed by atoms with Crippen molar-refractivity contribution in [1.29, 1.82) is 0 Å². The van der Waals surface area contributed by atoms with Crippen molar-refractivity contribution in [2.24, 2.45) is 11.3 Å². The Balaban J connectivity index is 1.76. The average Bonchev–Trinajstić information content (AvgIpc) is 3.30. The van der Waals surface area contributed by atoms with Gasteiger partial charge in [-0.3, -0.25) is 0 Å². The Kier molecular flexibility index (Phi) is 3.96. The molecular formula is C17H24ClNO. The molecule has 0 heterocycles. The summed E-state index contributed by atoms with van der Waals surface area (Å²) in [6, 6.07) is 6.73. The van der Waals surface area contributed by atoms with Gasteiger partial charge in [0, 0.05) is 17.6 Å². The maximum atomic E-state index is 6.16. The molecule has 2 saturated carbocycles. The van der Waals surface area contributed by atoms with Crippen LogP contribution in [0.15, 0.2) is 18.2 Å². The fraction of sp³-hybridized carbons (Fsp3) is 0.647. The Morgan fingerprint density at radius 2 is 2.05 bits per heavy atom. The third-order valence-electron chi connectivity index (χ3n) is 4.77. The highest BCUT2D eigenvalue weighted by atomic mass is 35.5. The van der Waals surface area contributed by atoms with Crippen LogP contribution in [0, 0.1) is 11.3 Å². The smallest absolute Gasteiger partial charge is 0.122 e. The highest BCUT2D eigenvalue weighted by Crippen LogP contribution is 2.48. The highest BCUT2D eigenvalue weighted by Gasteiger charge is 2.42. The van der Waals surface area contributed by atoms with Crippen LogP contribution in [-0.2, 0) is 6.42 Å². The molecule has 2 fully saturated rings. The van der Waals surface area contributed by atoms with Gasteiger partial charge in [-0.25, -0.2) is 0 Å². The van der Waals surface area contributed by atoms with Crippen molar-refractivity contribution in [2.45, 2.75) is 45.1 Å². The zero-order chi connectivity index (χ0) is 14.2. The minimum atomic E-state index is 0.320. The van der Waals surface area contributed by atoms with Gasteiger partial charge in [-0.05, 0) is 67.2 Å². The predicted molar refractivity (Wildman–Crippen MR) is 83.6 cm³/mol. The number of nitrogens with one attached hydrogen (secondary N) is 1. The normalized spacial score (nSPS) is 21.6. The molecule has 0 radical (unpaired) electrons. The van der Waals surface area contributed by atoms with Gasteiger partial charge in [0.15, 0.2) is 0 Å². The third kappa shape index (κ3) is 3.29. The summed E-state index contributed by atoms with van der Waals surface area (Å²) >= 11 is 6.16. The first kappa shape index (κ1) is 14.2. The molecule has 3 heteroatoms. The summed E-state index contributed by atoms with van der Waals surface area (Å²) in [7, 11) is 1.74. The fourth-order valence-corrected chi connectivity index (χ4v) is 3.31. The van der Waals surface area contributed by atoms with Gasteiger partial charge in [0.25, 0.3) is 0 Å². The molecule has 2 aliphatic carbocycles. The van der Waals surface area contributed by atoms with Crippen LogP contribution in [0.1, 0.15) is 38.2 Å². The molecule has 1 aromatic carbocycles. The van der Waals surface area contributed by atoms with Crippen molar-refractivity contribution in [2.75, 3.05) is 13.7 Å². The maximum absolute atomic E-state index is 6.16. The number of hydrogen-bond donors (Lipinski definition) is 1. The molecule has 0 amide bonds. The van der Waals surface area contributed by atoms with E-state index in [4.69, 9.17) is 16.3 Å². The van der Waals surface area contributed by atoms with E-state index in [2.05, 4.69) is 18.3 Å². The van der Waals surface area contributed by atoms with Crippen molar-refractivity contribution in [3.8, 4) is 5.75 Å². The van der Waals surface area contributed by atoms with Crippen LogP contribution in [0.2, 0.25) is 5.02 Å². The molecule has 20 heavy (non-hydrogen) atoms. The molecule has 0 bridgehead atoms. The quantitative estimate of drug-likeness (QED) is 0.818. The summed E-state index contributed by atoms with van der Waals surface area (Å²) in [5.74, 6) is 1.81. The molecule has 0 aromatic heterocycles. The van der Waals surface area contributed by atoms with E-state index in [1.807, 2.05) is 12.1 Å². The predicted octanol–water partition coefficient (Wildman–Crippen LogP) is 4.06. The third-order valence-corrected chi connectivity index (χ3v) is 5.01. The second-order valence-corrected chi connectivity index (χ2v) is 7.15. The molecule has 2 nitrogen and oxygen atoms in total. The van der Waals surface area contributed by atoms with E-state index in [9.17, 15) is 0 Å². The minimum Gasteiger partial charge on any atom is -0.496 e. The van der Waals surface area contributed by atoms with Crippen LogP contribution in [0.5, 0.6) is 5.75 Å². The monoisotopic (exact) mass is 293 g/mol. The summed E-state index contributed by atoms with van der Waals surface area (Å²) < 4.78 is 5.51. The lowest BCUT2D eigenvalue weighted by molar-refractivity contribution is 0.251. The lowest BCUT2D eigenvalue weighted by Gasteiger charge is -2.31. The first-order chi connectivity index (χ1) is 9.60. The van der Waals surface area contributed by atoms with Crippen molar-refractivity contribution in [3.05, 3.63) is 28.8 Å². The Labute approximate surface area is 126 Å². The van der Waals surface area contributed by atoms with Crippen molar-refractivity contribution in [1.82, 2.24) is 5.32 Å². The van der Waals surface area contributed by atoms with Crippen molar-refractivity contribution < 1.29 is 4.74 Å². The molecule has 1 N–H and O–H groups in total. The zero-order valence-electron chi connectivity index (χ0n) is 12.4. The summed E-state index contributed by atoms with van der Waals surface area (Å²) in [4.78, 5) is 0. The van der Waals surface area contributed by atoms with Crippen molar-refractivity contribution >= 4 is 11.6 Å². The molecule has 1 aromatic rings. The van der Waals surface area contributed by atoms with E-state index >= 15 is 0 Å². The zero-order valence-corrected chi connectivity index (χ0v) is 13.2. The topological polar surface area (TPSA) is 21.3 Å². The lowest BCUT2D eigenvalue weighted by Crippen LogP contribution is -2.36. The van der Waals surface area contributed by atoms with Gasteiger partial charge >= 0.3 is 0 Å². The lowest BCUT2D eigenvalue weighted by atomic mass is 9.78. The molecule has 1 atom stereocenters. The Morgan fingerprint density at radius 1 is 1.30 bits per heavy atom. The van der Waals surface area contributed by atoms with Crippen LogP contribution < -0.4 is 10.1 Å². The molecule has 0 aliphatic heterocycles. The van der Waals surface area contributed by atoms with E-state index in [1.165, 1.54) is 31.2 Å². The number of hydrogen-bond acceptors (Lipinski definition) is 2. The Morgan fingerprint density at radius 3 is 2.65 bits per heavy atom. The van der Waals surface area contributed by atoms with Crippen LogP contribution in [0.25, 0.3) is 0 Å². The molecule has 2 aliphatic rings. The van der Waals surface area contributed by atoms with E-state index in [0.29, 0.717) is 5.41 Å². The standard InChI is InChI=1S/C17H24ClNO/c1-17(13-3-4-13,11-19-15-6-7-15)10-12-9-14(18)5-8-16(12)20-2/h5,8-9,13,15,19H,3-4,6-7,10-11H2,1-2H3.